The van der Waals surface area contributed by atoms with Crippen LogP contribution in [0.4, 0.5) is 0 Å². The Morgan fingerprint density at radius 2 is 1.95 bits per heavy atom. The van der Waals surface area contributed by atoms with Gasteiger partial charge in [-0.25, -0.2) is 0 Å². The first-order chi connectivity index (χ1) is 9.16. The molecule has 1 amide bonds. The van der Waals surface area contributed by atoms with E-state index in [2.05, 4.69) is 5.32 Å². The van der Waals surface area contributed by atoms with E-state index in [0.29, 0.717) is 12.3 Å². The van der Waals surface area contributed by atoms with E-state index in [4.69, 9.17) is 0 Å². The third kappa shape index (κ3) is 2.32. The number of carbonyl (C=O) groups is 1. The fourth-order valence-electron chi connectivity index (χ4n) is 2.90. The summed E-state index contributed by atoms with van der Waals surface area (Å²) in [4.78, 5) is 23.1. The molecule has 3 unspecified atom stereocenters. The molecule has 3 atom stereocenters. The first kappa shape index (κ1) is 12.1. The lowest BCUT2D eigenvalue weighted by molar-refractivity contribution is -0.531. The van der Waals surface area contributed by atoms with Gasteiger partial charge in [0.05, 0.1) is 0 Å². The quantitative estimate of drug-likeness (QED) is 0.664. The Kier molecular flexibility index (Phi) is 2.97. The molecular weight excluding hydrogens is 244 g/mol. The second kappa shape index (κ2) is 4.64. The van der Waals surface area contributed by atoms with Crippen molar-refractivity contribution < 1.29 is 9.72 Å². The summed E-state index contributed by atoms with van der Waals surface area (Å²) < 4.78 is 0. The van der Waals surface area contributed by atoms with E-state index >= 15 is 0 Å². The Morgan fingerprint density at radius 1 is 1.26 bits per heavy atom. The summed E-state index contributed by atoms with van der Waals surface area (Å²) in [5.74, 6) is -0.136. The van der Waals surface area contributed by atoms with Crippen LogP contribution in [0.15, 0.2) is 30.3 Å². The number of benzene rings is 1. The standard InChI is InChI=1S/C14H16N2O3/c17-14-11(8-9-6-7-9)13(16(18)19)12(15-14)10-4-2-1-3-5-10/h1-5,9,11-13H,6-8H2,(H,15,17). The molecule has 1 aliphatic carbocycles. The average Bonchev–Trinajstić information content (AvgIpc) is 3.15. The van der Waals surface area contributed by atoms with Gasteiger partial charge in [-0.15, -0.1) is 0 Å². The summed E-state index contributed by atoms with van der Waals surface area (Å²) >= 11 is 0. The van der Waals surface area contributed by atoms with E-state index in [-0.39, 0.29) is 10.8 Å². The number of carbonyl (C=O) groups excluding carboxylic acids is 1. The van der Waals surface area contributed by atoms with Crippen molar-refractivity contribution in [2.24, 2.45) is 11.8 Å². The third-order valence-electron chi connectivity index (χ3n) is 4.07. The molecule has 1 N–H and O–H groups in total. The Bertz CT molecular complexity index is 499. The van der Waals surface area contributed by atoms with Crippen LogP contribution >= 0.6 is 0 Å². The number of amides is 1. The zero-order valence-electron chi connectivity index (χ0n) is 10.5. The highest BCUT2D eigenvalue weighted by atomic mass is 16.6. The fraction of sp³-hybridized carbons (Fsp3) is 0.500. The summed E-state index contributed by atoms with van der Waals surface area (Å²) in [5.41, 5.74) is 0.816. The Balaban J connectivity index is 1.87. The molecule has 2 aliphatic rings. The van der Waals surface area contributed by atoms with E-state index in [0.717, 1.165) is 18.4 Å². The lowest BCUT2D eigenvalue weighted by Crippen LogP contribution is -2.32. The number of nitrogens with zero attached hydrogens (tertiary/aromatic N) is 1. The molecule has 2 fully saturated rings. The molecule has 0 bridgehead atoms. The van der Waals surface area contributed by atoms with Crippen molar-refractivity contribution >= 4 is 5.91 Å². The van der Waals surface area contributed by atoms with E-state index in [1.54, 1.807) is 0 Å². The monoisotopic (exact) mass is 260 g/mol. The van der Waals surface area contributed by atoms with Gasteiger partial charge in [0.25, 0.3) is 0 Å². The maximum absolute atomic E-state index is 12.0. The number of rotatable bonds is 4. The van der Waals surface area contributed by atoms with Crippen molar-refractivity contribution in [1.82, 2.24) is 5.32 Å². The predicted octanol–water partition coefficient (Wildman–Crippen LogP) is 1.92. The largest absolute Gasteiger partial charge is 0.342 e. The van der Waals surface area contributed by atoms with Crippen LogP contribution < -0.4 is 5.32 Å². The zero-order chi connectivity index (χ0) is 13.4. The molecule has 1 aromatic rings. The van der Waals surface area contributed by atoms with Crippen LogP contribution in [-0.2, 0) is 4.79 Å². The molecule has 100 valence electrons. The minimum Gasteiger partial charge on any atom is -0.342 e. The average molecular weight is 260 g/mol. The van der Waals surface area contributed by atoms with Gasteiger partial charge in [-0.05, 0) is 17.9 Å². The van der Waals surface area contributed by atoms with E-state index in [1.807, 2.05) is 30.3 Å². The molecule has 1 aliphatic heterocycles. The van der Waals surface area contributed by atoms with Crippen LogP contribution in [0.3, 0.4) is 0 Å². The summed E-state index contributed by atoms with van der Waals surface area (Å²) in [6.45, 7) is 0. The number of hydrogen-bond acceptors (Lipinski definition) is 3. The highest BCUT2D eigenvalue weighted by Crippen LogP contribution is 2.41. The normalized spacial score (nSPS) is 30.1. The van der Waals surface area contributed by atoms with Crippen molar-refractivity contribution in [1.29, 1.82) is 0 Å². The first-order valence-corrected chi connectivity index (χ1v) is 6.65. The molecule has 1 aromatic carbocycles. The predicted molar refractivity (Wildman–Crippen MR) is 68.9 cm³/mol. The van der Waals surface area contributed by atoms with Crippen LogP contribution in [0.1, 0.15) is 30.9 Å². The zero-order valence-corrected chi connectivity index (χ0v) is 10.5. The molecule has 5 nitrogen and oxygen atoms in total. The second-order valence-corrected chi connectivity index (χ2v) is 5.46. The maximum atomic E-state index is 12.0. The minimum atomic E-state index is -0.838. The summed E-state index contributed by atoms with van der Waals surface area (Å²) in [6, 6.07) is 7.88. The minimum absolute atomic E-state index is 0.164. The highest BCUT2D eigenvalue weighted by Gasteiger charge is 2.52. The number of hydrogen-bond donors (Lipinski definition) is 1. The van der Waals surface area contributed by atoms with Crippen molar-refractivity contribution in [2.75, 3.05) is 0 Å². The molecule has 0 radical (unpaired) electrons. The molecule has 0 aromatic heterocycles. The molecule has 1 saturated carbocycles. The lowest BCUT2D eigenvalue weighted by atomic mass is 9.90. The second-order valence-electron chi connectivity index (χ2n) is 5.46. The fourth-order valence-corrected chi connectivity index (χ4v) is 2.90. The Morgan fingerprint density at radius 3 is 2.53 bits per heavy atom. The summed E-state index contributed by atoms with van der Waals surface area (Å²) in [6.07, 6.45) is 2.86. The van der Waals surface area contributed by atoms with Crippen molar-refractivity contribution in [2.45, 2.75) is 31.3 Å². The van der Waals surface area contributed by atoms with Gasteiger partial charge in [-0.2, -0.15) is 0 Å². The van der Waals surface area contributed by atoms with Crippen LogP contribution in [0.2, 0.25) is 0 Å². The molecule has 5 heteroatoms. The van der Waals surface area contributed by atoms with Crippen LogP contribution in [0.5, 0.6) is 0 Å². The molecule has 19 heavy (non-hydrogen) atoms. The van der Waals surface area contributed by atoms with Crippen LogP contribution in [0.25, 0.3) is 0 Å². The summed E-state index contributed by atoms with van der Waals surface area (Å²) in [7, 11) is 0. The highest BCUT2D eigenvalue weighted by molar-refractivity contribution is 5.82. The topological polar surface area (TPSA) is 72.2 Å². The van der Waals surface area contributed by atoms with E-state index in [9.17, 15) is 14.9 Å². The number of nitro groups is 1. The first-order valence-electron chi connectivity index (χ1n) is 6.65. The van der Waals surface area contributed by atoms with Gasteiger partial charge >= 0.3 is 0 Å². The van der Waals surface area contributed by atoms with Gasteiger partial charge in [0, 0.05) is 4.92 Å². The van der Waals surface area contributed by atoms with E-state index in [1.165, 1.54) is 0 Å². The van der Waals surface area contributed by atoms with Crippen LogP contribution in [0, 0.1) is 22.0 Å². The number of nitrogens with one attached hydrogen (secondary N) is 1. The Hall–Kier alpha value is -1.91. The summed E-state index contributed by atoms with van der Waals surface area (Å²) in [5, 5.41) is 14.2. The lowest BCUT2D eigenvalue weighted by Gasteiger charge is -2.15. The molecule has 1 heterocycles. The molecule has 1 saturated heterocycles. The van der Waals surface area contributed by atoms with Crippen molar-refractivity contribution in [3.63, 3.8) is 0 Å². The molecule has 0 spiro atoms. The van der Waals surface area contributed by atoms with Crippen molar-refractivity contribution in [3.8, 4) is 0 Å². The van der Waals surface area contributed by atoms with E-state index < -0.39 is 18.0 Å². The van der Waals surface area contributed by atoms with Crippen LogP contribution in [-0.4, -0.2) is 16.9 Å². The van der Waals surface area contributed by atoms with Crippen molar-refractivity contribution in [3.05, 3.63) is 46.0 Å². The van der Waals surface area contributed by atoms with Gasteiger partial charge in [0.1, 0.15) is 12.0 Å². The van der Waals surface area contributed by atoms with Gasteiger partial charge in [0.15, 0.2) is 0 Å². The van der Waals surface area contributed by atoms with Gasteiger partial charge in [0.2, 0.25) is 11.9 Å². The van der Waals surface area contributed by atoms with Gasteiger partial charge < -0.3 is 5.32 Å². The van der Waals surface area contributed by atoms with Gasteiger partial charge in [-0.3, -0.25) is 14.9 Å². The molecule has 3 rings (SSSR count). The van der Waals surface area contributed by atoms with Gasteiger partial charge in [-0.1, -0.05) is 43.2 Å². The molecular formula is C14H16N2O3. The SMILES string of the molecule is O=C1NC(c2ccccc2)C([N+](=O)[O-])C1CC1CC1. The maximum Gasteiger partial charge on any atom is 0.248 e. The third-order valence-corrected chi connectivity index (χ3v) is 4.07. The Labute approximate surface area is 111 Å². The smallest absolute Gasteiger partial charge is 0.248 e.